The summed E-state index contributed by atoms with van der Waals surface area (Å²) < 4.78 is 27.8. The van der Waals surface area contributed by atoms with Gasteiger partial charge in [0.1, 0.15) is 23.1 Å². The molecule has 0 heterocycles. The maximum atomic E-state index is 11.5. The van der Waals surface area contributed by atoms with E-state index in [0.717, 1.165) is 19.3 Å². The molecule has 0 aromatic heterocycles. The predicted octanol–water partition coefficient (Wildman–Crippen LogP) is 9.59. The van der Waals surface area contributed by atoms with Crippen LogP contribution in [0.4, 0.5) is 0 Å². The number of unbranched alkanes of at least 4 members (excludes halogenated alkanes) is 17. The van der Waals surface area contributed by atoms with E-state index >= 15 is 0 Å². The van der Waals surface area contributed by atoms with Gasteiger partial charge in [-0.15, -0.1) is 0 Å². The molecule has 0 fully saturated rings. The summed E-state index contributed by atoms with van der Waals surface area (Å²) in [5.74, 6) is 0.560. The first-order valence-electron chi connectivity index (χ1n) is 15.4. The lowest BCUT2D eigenvalue weighted by Crippen LogP contribution is -2.20. The standard InChI is InChI=1S/C31H54NO6P/c1-4-5-6-7-8-9-10-11-12-13-14-15-16-17-18-19-20-21-25-31(38-39(33,34)35)37-30-24-22-23-29(28(30)26-32)36-27(2)3/h22-24,27,31H,4-21,25H2,1-3H3,(H2,33,34,35). The number of phosphoric acid groups is 1. The number of nitrogens with zero attached hydrogens (tertiary/aromatic N) is 1. The molecule has 2 N–H and O–H groups in total. The predicted molar refractivity (Wildman–Crippen MR) is 158 cm³/mol. The Labute approximate surface area is 237 Å². The van der Waals surface area contributed by atoms with Crippen molar-refractivity contribution in [3.05, 3.63) is 23.8 Å². The quantitative estimate of drug-likeness (QED) is 0.0687. The lowest BCUT2D eigenvalue weighted by atomic mass is 10.0. The van der Waals surface area contributed by atoms with Crippen molar-refractivity contribution in [2.75, 3.05) is 0 Å². The van der Waals surface area contributed by atoms with Crippen LogP contribution in [0.3, 0.4) is 0 Å². The number of ether oxygens (including phenoxy) is 2. The molecule has 1 aromatic rings. The highest BCUT2D eigenvalue weighted by atomic mass is 31.2. The number of hydrogen-bond acceptors (Lipinski definition) is 5. The lowest BCUT2D eigenvalue weighted by Gasteiger charge is -2.21. The Balaban J connectivity index is 2.21. The van der Waals surface area contributed by atoms with Crippen LogP contribution in [0.5, 0.6) is 11.5 Å². The molecule has 0 amide bonds. The Hall–Kier alpha value is -1.58. The maximum Gasteiger partial charge on any atom is 0.472 e. The van der Waals surface area contributed by atoms with Crippen LogP contribution in [-0.4, -0.2) is 22.2 Å². The number of phosphoric ester groups is 1. The van der Waals surface area contributed by atoms with Crippen molar-refractivity contribution in [1.82, 2.24) is 0 Å². The Bertz CT molecular complexity index is 835. The van der Waals surface area contributed by atoms with Crippen LogP contribution in [0.1, 0.15) is 148 Å². The zero-order chi connectivity index (χ0) is 28.8. The molecule has 8 heteroatoms. The monoisotopic (exact) mass is 567 g/mol. The van der Waals surface area contributed by atoms with Gasteiger partial charge in [-0.3, -0.25) is 0 Å². The molecule has 7 nitrogen and oxygen atoms in total. The number of benzene rings is 1. The minimum absolute atomic E-state index is 0.130. The highest BCUT2D eigenvalue weighted by Gasteiger charge is 2.25. The van der Waals surface area contributed by atoms with E-state index in [1.807, 2.05) is 13.8 Å². The van der Waals surface area contributed by atoms with Crippen LogP contribution in [0.25, 0.3) is 0 Å². The van der Waals surface area contributed by atoms with E-state index in [2.05, 4.69) is 13.0 Å². The molecule has 224 valence electrons. The van der Waals surface area contributed by atoms with Crippen molar-refractivity contribution in [3.8, 4) is 17.6 Å². The van der Waals surface area contributed by atoms with Gasteiger partial charge in [0, 0.05) is 6.42 Å². The third kappa shape index (κ3) is 19.2. The Morgan fingerprint density at radius 3 is 1.54 bits per heavy atom. The molecule has 0 bridgehead atoms. The summed E-state index contributed by atoms with van der Waals surface area (Å²) in [5.41, 5.74) is 0.184. The summed E-state index contributed by atoms with van der Waals surface area (Å²) in [6.45, 7) is 5.98. The fourth-order valence-corrected chi connectivity index (χ4v) is 5.17. The average molecular weight is 568 g/mol. The highest BCUT2D eigenvalue weighted by Crippen LogP contribution is 2.40. The van der Waals surface area contributed by atoms with Crippen LogP contribution in [-0.2, 0) is 9.09 Å². The number of nitriles is 1. The second kappa shape index (κ2) is 22.1. The second-order valence-corrected chi connectivity index (χ2v) is 12.0. The fraction of sp³-hybridized carbons (Fsp3) is 0.774. The molecule has 1 rings (SSSR count). The first-order valence-corrected chi connectivity index (χ1v) is 16.9. The van der Waals surface area contributed by atoms with E-state index in [-0.39, 0.29) is 17.4 Å². The van der Waals surface area contributed by atoms with Gasteiger partial charge in [-0.05, 0) is 32.4 Å². The molecule has 1 unspecified atom stereocenters. The summed E-state index contributed by atoms with van der Waals surface area (Å²) in [5, 5.41) is 9.59. The van der Waals surface area contributed by atoms with Gasteiger partial charge in [0.2, 0.25) is 6.29 Å². The summed E-state index contributed by atoms with van der Waals surface area (Å²) in [6.07, 6.45) is 21.9. The number of hydrogen-bond donors (Lipinski definition) is 2. The Kier molecular flexibility index (Phi) is 20.1. The molecule has 0 saturated heterocycles. The molecule has 0 aliphatic rings. The number of rotatable bonds is 25. The average Bonchev–Trinajstić information content (AvgIpc) is 2.87. The maximum absolute atomic E-state index is 11.5. The molecule has 0 radical (unpaired) electrons. The van der Waals surface area contributed by atoms with Crippen LogP contribution in [0.2, 0.25) is 0 Å². The summed E-state index contributed by atoms with van der Waals surface area (Å²) in [4.78, 5) is 18.7. The van der Waals surface area contributed by atoms with Crippen LogP contribution < -0.4 is 9.47 Å². The molecule has 0 saturated carbocycles. The van der Waals surface area contributed by atoms with E-state index in [0.29, 0.717) is 18.6 Å². The van der Waals surface area contributed by atoms with E-state index in [4.69, 9.17) is 14.0 Å². The van der Waals surface area contributed by atoms with Gasteiger partial charge in [-0.25, -0.2) is 9.09 Å². The first-order chi connectivity index (χ1) is 18.8. The van der Waals surface area contributed by atoms with Crippen molar-refractivity contribution < 1.29 is 28.3 Å². The molecule has 0 aliphatic heterocycles. The van der Waals surface area contributed by atoms with Gasteiger partial charge in [0.15, 0.2) is 0 Å². The minimum atomic E-state index is -4.75. The normalized spacial score (nSPS) is 12.4. The molecular formula is C31H54NO6P. The highest BCUT2D eigenvalue weighted by molar-refractivity contribution is 7.46. The zero-order valence-electron chi connectivity index (χ0n) is 24.7. The van der Waals surface area contributed by atoms with E-state index in [1.165, 1.54) is 89.9 Å². The molecule has 1 atom stereocenters. The SMILES string of the molecule is CCCCCCCCCCCCCCCCCCCCC(Oc1cccc(OC(C)C)c1C#N)OP(=O)(O)O. The Morgan fingerprint density at radius 1 is 0.744 bits per heavy atom. The van der Waals surface area contributed by atoms with E-state index < -0.39 is 14.1 Å². The minimum Gasteiger partial charge on any atom is -0.489 e. The summed E-state index contributed by atoms with van der Waals surface area (Å²) >= 11 is 0. The van der Waals surface area contributed by atoms with Crippen molar-refractivity contribution in [2.24, 2.45) is 0 Å². The molecular weight excluding hydrogens is 513 g/mol. The third-order valence-corrected chi connectivity index (χ3v) is 7.28. The van der Waals surface area contributed by atoms with Crippen molar-refractivity contribution in [3.63, 3.8) is 0 Å². The van der Waals surface area contributed by atoms with Crippen molar-refractivity contribution >= 4 is 7.82 Å². The Morgan fingerprint density at radius 2 is 1.15 bits per heavy atom. The van der Waals surface area contributed by atoms with Crippen LogP contribution in [0, 0.1) is 11.3 Å². The smallest absolute Gasteiger partial charge is 0.472 e. The van der Waals surface area contributed by atoms with Gasteiger partial charge < -0.3 is 19.3 Å². The van der Waals surface area contributed by atoms with Crippen molar-refractivity contribution in [1.29, 1.82) is 5.26 Å². The van der Waals surface area contributed by atoms with Gasteiger partial charge in [-0.1, -0.05) is 122 Å². The van der Waals surface area contributed by atoms with Crippen molar-refractivity contribution in [2.45, 2.75) is 155 Å². The molecule has 1 aromatic carbocycles. The fourth-order valence-electron chi connectivity index (χ4n) is 4.71. The van der Waals surface area contributed by atoms with Crippen LogP contribution in [0.15, 0.2) is 18.2 Å². The summed E-state index contributed by atoms with van der Waals surface area (Å²) in [6, 6.07) is 6.99. The molecule has 39 heavy (non-hydrogen) atoms. The topological polar surface area (TPSA) is 109 Å². The van der Waals surface area contributed by atoms with Gasteiger partial charge in [0.25, 0.3) is 0 Å². The van der Waals surface area contributed by atoms with Gasteiger partial charge >= 0.3 is 7.82 Å². The van der Waals surface area contributed by atoms with Crippen LogP contribution >= 0.6 is 7.82 Å². The second-order valence-electron chi connectivity index (χ2n) is 10.9. The van der Waals surface area contributed by atoms with Gasteiger partial charge in [0.05, 0.1) is 6.10 Å². The molecule has 0 aliphatic carbocycles. The van der Waals surface area contributed by atoms with E-state index in [9.17, 15) is 19.6 Å². The molecule has 0 spiro atoms. The zero-order valence-corrected chi connectivity index (χ0v) is 25.6. The van der Waals surface area contributed by atoms with Gasteiger partial charge in [-0.2, -0.15) is 5.26 Å². The summed E-state index contributed by atoms with van der Waals surface area (Å²) in [7, 11) is -4.75. The largest absolute Gasteiger partial charge is 0.489 e. The van der Waals surface area contributed by atoms with E-state index in [1.54, 1.807) is 18.2 Å². The first kappa shape index (κ1) is 35.4. The lowest BCUT2D eigenvalue weighted by molar-refractivity contribution is -0.0230. The third-order valence-electron chi connectivity index (χ3n) is 6.77.